The summed E-state index contributed by atoms with van der Waals surface area (Å²) in [6.45, 7) is 0. The van der Waals surface area contributed by atoms with E-state index in [2.05, 4.69) is 0 Å². The summed E-state index contributed by atoms with van der Waals surface area (Å²) in [6.07, 6.45) is 1.06. The summed E-state index contributed by atoms with van der Waals surface area (Å²) in [7, 11) is 0. The third kappa shape index (κ3) is 2.99. The fourth-order valence-corrected chi connectivity index (χ4v) is 2.31. The van der Waals surface area contributed by atoms with Crippen LogP contribution in [0.2, 0.25) is 0 Å². The number of aliphatic hydroxyl groups is 1. The quantitative estimate of drug-likeness (QED) is 0.651. The highest BCUT2D eigenvalue weighted by molar-refractivity contribution is 6.21. The lowest BCUT2D eigenvalue weighted by atomic mass is 9.94. The van der Waals surface area contributed by atoms with Crippen LogP contribution >= 0.6 is 11.6 Å². The zero-order valence-corrected chi connectivity index (χ0v) is 10.1. The summed E-state index contributed by atoms with van der Waals surface area (Å²) in [6, 6.07) is 8.77. The maximum absolute atomic E-state index is 11.8. The molecule has 1 aliphatic carbocycles. The molecule has 17 heavy (non-hydrogen) atoms. The Hall–Kier alpha value is -1.06. The molecular weight excluding hydrogens is 240 g/mol. The SMILES string of the molecule is O=C(O[C@H]1CCC[C@H](Cl)[C@H]1O)c1ccccc1. The second-order valence-corrected chi connectivity index (χ2v) is 4.81. The number of halogens is 1. The average molecular weight is 255 g/mol. The molecule has 0 aromatic heterocycles. The molecular formula is C13H15ClO3. The number of aliphatic hydroxyl groups excluding tert-OH is 1. The average Bonchev–Trinajstić information content (AvgIpc) is 2.36. The zero-order valence-electron chi connectivity index (χ0n) is 9.38. The van der Waals surface area contributed by atoms with Crippen molar-refractivity contribution in [1.82, 2.24) is 0 Å². The summed E-state index contributed by atoms with van der Waals surface area (Å²) in [4.78, 5) is 11.8. The maximum atomic E-state index is 11.8. The smallest absolute Gasteiger partial charge is 0.338 e. The maximum Gasteiger partial charge on any atom is 0.338 e. The number of carbonyl (C=O) groups is 1. The van der Waals surface area contributed by atoms with E-state index in [-0.39, 0.29) is 5.38 Å². The van der Waals surface area contributed by atoms with Crippen LogP contribution in [0.1, 0.15) is 29.6 Å². The van der Waals surface area contributed by atoms with Gasteiger partial charge in [0, 0.05) is 0 Å². The van der Waals surface area contributed by atoms with Crippen LogP contribution in [-0.4, -0.2) is 28.7 Å². The first-order valence-corrected chi connectivity index (χ1v) is 6.20. The van der Waals surface area contributed by atoms with Crippen LogP contribution in [0.15, 0.2) is 30.3 Å². The van der Waals surface area contributed by atoms with Gasteiger partial charge < -0.3 is 9.84 Å². The molecule has 3 atom stereocenters. The fourth-order valence-electron chi connectivity index (χ4n) is 2.00. The van der Waals surface area contributed by atoms with E-state index < -0.39 is 18.2 Å². The Morgan fingerprint density at radius 2 is 2.00 bits per heavy atom. The van der Waals surface area contributed by atoms with E-state index in [0.29, 0.717) is 12.0 Å². The van der Waals surface area contributed by atoms with Crippen LogP contribution in [0.3, 0.4) is 0 Å². The number of rotatable bonds is 2. The van der Waals surface area contributed by atoms with E-state index in [1.165, 1.54) is 0 Å². The molecule has 1 fully saturated rings. The Morgan fingerprint density at radius 3 is 2.71 bits per heavy atom. The van der Waals surface area contributed by atoms with E-state index in [1.54, 1.807) is 24.3 Å². The summed E-state index contributed by atoms with van der Waals surface area (Å²) in [5, 5.41) is 9.50. The number of carbonyl (C=O) groups excluding carboxylic acids is 1. The van der Waals surface area contributed by atoms with Crippen molar-refractivity contribution < 1.29 is 14.6 Å². The normalized spacial score (nSPS) is 28.7. The Bertz CT molecular complexity index is 380. The van der Waals surface area contributed by atoms with Gasteiger partial charge in [-0.25, -0.2) is 4.79 Å². The molecule has 0 aliphatic heterocycles. The zero-order chi connectivity index (χ0) is 12.3. The second kappa shape index (κ2) is 5.52. The lowest BCUT2D eigenvalue weighted by Crippen LogP contribution is -2.41. The van der Waals surface area contributed by atoms with Crippen LogP contribution in [0.4, 0.5) is 0 Å². The van der Waals surface area contributed by atoms with Gasteiger partial charge in [0.25, 0.3) is 0 Å². The Kier molecular flexibility index (Phi) is 4.02. The van der Waals surface area contributed by atoms with Gasteiger partial charge in [-0.05, 0) is 31.4 Å². The highest BCUT2D eigenvalue weighted by Crippen LogP contribution is 2.26. The van der Waals surface area contributed by atoms with Crippen molar-refractivity contribution in [2.24, 2.45) is 0 Å². The number of alkyl halides is 1. The van der Waals surface area contributed by atoms with E-state index >= 15 is 0 Å². The van der Waals surface area contributed by atoms with Crippen LogP contribution < -0.4 is 0 Å². The first kappa shape index (κ1) is 12.4. The van der Waals surface area contributed by atoms with Crippen molar-refractivity contribution in [3.05, 3.63) is 35.9 Å². The molecule has 1 saturated carbocycles. The van der Waals surface area contributed by atoms with Gasteiger partial charge in [0.1, 0.15) is 12.2 Å². The van der Waals surface area contributed by atoms with Gasteiger partial charge in [-0.15, -0.1) is 11.6 Å². The van der Waals surface area contributed by atoms with Crippen molar-refractivity contribution in [2.75, 3.05) is 0 Å². The summed E-state index contributed by atoms with van der Waals surface area (Å²) >= 11 is 5.95. The number of benzene rings is 1. The van der Waals surface area contributed by atoms with E-state index in [0.717, 1.165) is 12.8 Å². The first-order chi connectivity index (χ1) is 8.18. The van der Waals surface area contributed by atoms with Gasteiger partial charge in [0.05, 0.1) is 10.9 Å². The molecule has 1 N–H and O–H groups in total. The lowest BCUT2D eigenvalue weighted by Gasteiger charge is -2.30. The standard InChI is InChI=1S/C13H15ClO3/c14-10-7-4-8-11(12(10)15)17-13(16)9-5-2-1-3-6-9/h1-3,5-6,10-12,15H,4,7-8H2/t10-,11-,12+/m0/s1. The number of hydrogen-bond acceptors (Lipinski definition) is 3. The molecule has 2 rings (SSSR count). The highest BCUT2D eigenvalue weighted by Gasteiger charge is 2.33. The fraction of sp³-hybridized carbons (Fsp3) is 0.462. The number of esters is 1. The van der Waals surface area contributed by atoms with Crippen molar-refractivity contribution >= 4 is 17.6 Å². The summed E-state index contributed by atoms with van der Waals surface area (Å²) in [5.41, 5.74) is 0.497. The van der Waals surface area contributed by atoms with Crippen molar-refractivity contribution in [3.8, 4) is 0 Å². The van der Waals surface area contributed by atoms with E-state index in [9.17, 15) is 9.90 Å². The van der Waals surface area contributed by atoms with Gasteiger partial charge in [-0.1, -0.05) is 18.2 Å². The topological polar surface area (TPSA) is 46.5 Å². The van der Waals surface area contributed by atoms with E-state index in [1.807, 2.05) is 6.07 Å². The van der Waals surface area contributed by atoms with Crippen LogP contribution in [-0.2, 0) is 4.74 Å². The van der Waals surface area contributed by atoms with Crippen LogP contribution in [0.25, 0.3) is 0 Å². The third-order valence-corrected chi connectivity index (χ3v) is 3.46. The monoisotopic (exact) mass is 254 g/mol. The minimum Gasteiger partial charge on any atom is -0.456 e. The number of hydrogen-bond donors (Lipinski definition) is 1. The molecule has 1 aliphatic rings. The van der Waals surface area contributed by atoms with Crippen LogP contribution in [0, 0.1) is 0 Å². The molecule has 4 heteroatoms. The van der Waals surface area contributed by atoms with E-state index in [4.69, 9.17) is 16.3 Å². The molecule has 0 saturated heterocycles. The lowest BCUT2D eigenvalue weighted by molar-refractivity contribution is -0.0341. The minimum absolute atomic E-state index is 0.322. The van der Waals surface area contributed by atoms with Gasteiger partial charge in [-0.2, -0.15) is 0 Å². The molecule has 1 aromatic rings. The first-order valence-electron chi connectivity index (χ1n) is 5.76. The summed E-state index contributed by atoms with van der Waals surface area (Å²) < 4.78 is 5.29. The van der Waals surface area contributed by atoms with Gasteiger partial charge in [0.15, 0.2) is 0 Å². The Labute approximate surface area is 105 Å². The highest BCUT2D eigenvalue weighted by atomic mass is 35.5. The molecule has 0 bridgehead atoms. The molecule has 0 radical (unpaired) electrons. The molecule has 0 amide bonds. The molecule has 1 aromatic carbocycles. The largest absolute Gasteiger partial charge is 0.456 e. The predicted molar refractivity (Wildman–Crippen MR) is 65.1 cm³/mol. The van der Waals surface area contributed by atoms with Gasteiger partial charge in [-0.3, -0.25) is 0 Å². The molecule has 92 valence electrons. The van der Waals surface area contributed by atoms with Gasteiger partial charge in [0.2, 0.25) is 0 Å². The third-order valence-electron chi connectivity index (χ3n) is 2.99. The van der Waals surface area contributed by atoms with Crippen LogP contribution in [0.5, 0.6) is 0 Å². The Morgan fingerprint density at radius 1 is 1.29 bits per heavy atom. The molecule has 0 spiro atoms. The van der Waals surface area contributed by atoms with Crippen molar-refractivity contribution in [1.29, 1.82) is 0 Å². The molecule has 0 heterocycles. The summed E-state index contributed by atoms with van der Waals surface area (Å²) in [5.74, 6) is -0.402. The van der Waals surface area contributed by atoms with Crippen molar-refractivity contribution in [3.63, 3.8) is 0 Å². The minimum atomic E-state index is -0.766. The molecule has 0 unspecified atom stereocenters. The molecule has 3 nitrogen and oxygen atoms in total. The number of ether oxygens (including phenoxy) is 1. The van der Waals surface area contributed by atoms with Gasteiger partial charge >= 0.3 is 5.97 Å². The van der Waals surface area contributed by atoms with Crippen molar-refractivity contribution in [2.45, 2.75) is 36.8 Å². The Balaban J connectivity index is 1.99. The second-order valence-electron chi connectivity index (χ2n) is 4.25. The predicted octanol–water partition coefficient (Wildman–Crippen LogP) is 2.36.